The van der Waals surface area contributed by atoms with Crippen LogP contribution in [-0.4, -0.2) is 15.0 Å². The standard InChI is InChI=1S/C62H48N4/c1-63-57-14-8-13-54(36-57)50-29-33-56(34-30-50)62-39-42-35-43(40-62)38-61(37-42,41-62)55-31-27-49(28-32-55)48-19-25-53(26-20-48)60-65-58(51-21-15-46(16-22-51)44-9-4-2-5-10-44)64-59(66-60)52-23-17-47(18-24-52)45-11-6-3-7-12-45/h2-34,36,42-43H,35,37-41H2. The summed E-state index contributed by atoms with van der Waals surface area (Å²) in [5, 5.41) is 0. The molecule has 1 heterocycles. The molecule has 2 atom stereocenters. The lowest BCUT2D eigenvalue weighted by atomic mass is 9.41. The van der Waals surface area contributed by atoms with Gasteiger partial charge in [-0.1, -0.05) is 200 Å². The van der Waals surface area contributed by atoms with Crippen molar-refractivity contribution in [3.63, 3.8) is 0 Å². The Kier molecular flexibility index (Phi) is 9.87. The largest absolute Gasteiger partial charge is 0.238 e. The van der Waals surface area contributed by atoms with Gasteiger partial charge in [0.05, 0.1) is 6.57 Å². The van der Waals surface area contributed by atoms with E-state index in [4.69, 9.17) is 21.5 Å². The summed E-state index contributed by atoms with van der Waals surface area (Å²) in [7, 11) is 0. The molecule has 0 N–H and O–H groups in total. The van der Waals surface area contributed by atoms with E-state index >= 15 is 0 Å². The molecule has 0 saturated heterocycles. The Morgan fingerprint density at radius 1 is 0.348 bits per heavy atom. The van der Waals surface area contributed by atoms with Crippen LogP contribution in [0.1, 0.15) is 49.7 Å². The molecule has 0 amide bonds. The molecule has 1 aromatic heterocycles. The third-order valence-corrected chi connectivity index (χ3v) is 15.0. The van der Waals surface area contributed by atoms with Crippen molar-refractivity contribution in [3.8, 4) is 78.7 Å². The summed E-state index contributed by atoms with van der Waals surface area (Å²) in [5.41, 5.74) is 16.3. The number of hydrogen-bond acceptors (Lipinski definition) is 3. The molecule has 4 heteroatoms. The van der Waals surface area contributed by atoms with E-state index in [1.807, 2.05) is 30.3 Å². The summed E-state index contributed by atoms with van der Waals surface area (Å²) in [6.45, 7) is 7.47. The van der Waals surface area contributed by atoms with Crippen LogP contribution in [0.4, 0.5) is 5.69 Å². The SMILES string of the molecule is [C-]#[N+]c1cccc(-c2ccc(C34CC5CC(CC(c6ccc(-c7ccc(-c8nc(-c9ccc(-c%10ccccc%10)cc9)nc(-c9ccc(-c%10ccccc%10)cc9)n8)cc7)cc6)(C5)C3)C4)cc2)c1. The number of hydrogen-bond donors (Lipinski definition) is 0. The second kappa shape index (κ2) is 16.4. The van der Waals surface area contributed by atoms with Crippen molar-refractivity contribution >= 4 is 5.69 Å². The summed E-state index contributed by atoms with van der Waals surface area (Å²) >= 11 is 0. The molecule has 4 aliphatic rings. The lowest BCUT2D eigenvalue weighted by molar-refractivity contribution is -0.0281. The average molecular weight is 849 g/mol. The van der Waals surface area contributed by atoms with E-state index in [2.05, 4.69) is 181 Å². The first-order valence-electron chi connectivity index (χ1n) is 23.4. The maximum absolute atomic E-state index is 7.47. The van der Waals surface area contributed by atoms with Crippen LogP contribution in [0.5, 0.6) is 0 Å². The second-order valence-electron chi connectivity index (χ2n) is 19.1. The highest BCUT2D eigenvalue weighted by Crippen LogP contribution is 2.66. The molecule has 0 spiro atoms. The van der Waals surface area contributed by atoms with Gasteiger partial charge in [-0.2, -0.15) is 0 Å². The fourth-order valence-corrected chi connectivity index (χ4v) is 12.2. The van der Waals surface area contributed by atoms with Crippen LogP contribution in [0.15, 0.2) is 206 Å². The molecule has 4 bridgehead atoms. The summed E-state index contributed by atoms with van der Waals surface area (Å²) in [6, 6.07) is 73.5. The fourth-order valence-electron chi connectivity index (χ4n) is 12.2. The minimum atomic E-state index is 0.215. The summed E-state index contributed by atoms with van der Waals surface area (Å²) in [6.07, 6.45) is 7.79. The number of rotatable bonds is 9. The van der Waals surface area contributed by atoms with Crippen molar-refractivity contribution in [2.45, 2.75) is 49.4 Å². The molecule has 9 aromatic rings. The first-order chi connectivity index (χ1) is 32.5. The van der Waals surface area contributed by atoms with Gasteiger partial charge in [0, 0.05) is 16.7 Å². The van der Waals surface area contributed by atoms with Gasteiger partial charge in [0.15, 0.2) is 23.2 Å². The molecular formula is C62H48N4. The highest BCUT2D eigenvalue weighted by molar-refractivity contribution is 5.74. The predicted molar refractivity (Wildman–Crippen MR) is 269 cm³/mol. The maximum Gasteiger partial charge on any atom is 0.187 e. The zero-order valence-corrected chi connectivity index (χ0v) is 36.8. The van der Waals surface area contributed by atoms with Gasteiger partial charge in [-0.05, 0) is 123 Å². The molecule has 8 aromatic carbocycles. The van der Waals surface area contributed by atoms with Gasteiger partial charge < -0.3 is 0 Å². The minimum absolute atomic E-state index is 0.215. The molecule has 4 saturated carbocycles. The lowest BCUT2D eigenvalue weighted by Crippen LogP contribution is -2.55. The Morgan fingerprint density at radius 3 is 1.05 bits per heavy atom. The molecule has 2 unspecified atom stereocenters. The smallest absolute Gasteiger partial charge is 0.187 e. The molecule has 66 heavy (non-hydrogen) atoms. The van der Waals surface area contributed by atoms with E-state index < -0.39 is 0 Å². The molecule has 0 radical (unpaired) electrons. The van der Waals surface area contributed by atoms with Gasteiger partial charge in [-0.3, -0.25) is 0 Å². The fraction of sp³-hybridized carbons (Fsp3) is 0.161. The number of nitrogens with zero attached hydrogens (tertiary/aromatic N) is 4. The van der Waals surface area contributed by atoms with Crippen molar-refractivity contribution in [3.05, 3.63) is 229 Å². The first kappa shape index (κ1) is 39.8. The van der Waals surface area contributed by atoms with Crippen LogP contribution in [0.25, 0.3) is 83.5 Å². The van der Waals surface area contributed by atoms with E-state index in [0.29, 0.717) is 23.2 Å². The Balaban J connectivity index is 0.821. The van der Waals surface area contributed by atoms with E-state index in [9.17, 15) is 0 Å². The summed E-state index contributed by atoms with van der Waals surface area (Å²) in [4.78, 5) is 18.9. The topological polar surface area (TPSA) is 43.0 Å². The van der Waals surface area contributed by atoms with Crippen molar-refractivity contribution < 1.29 is 0 Å². The summed E-state index contributed by atoms with van der Waals surface area (Å²) in [5.74, 6) is 3.48. The average Bonchev–Trinajstić information content (AvgIpc) is 3.39. The van der Waals surface area contributed by atoms with Crippen molar-refractivity contribution in [1.29, 1.82) is 0 Å². The highest BCUT2D eigenvalue weighted by atomic mass is 15.0. The monoisotopic (exact) mass is 848 g/mol. The Labute approximate surface area is 387 Å². The molecule has 0 aliphatic heterocycles. The van der Waals surface area contributed by atoms with E-state index in [-0.39, 0.29) is 10.8 Å². The van der Waals surface area contributed by atoms with Gasteiger partial charge in [0.1, 0.15) is 0 Å². The van der Waals surface area contributed by atoms with Crippen molar-refractivity contribution in [1.82, 2.24) is 15.0 Å². The normalized spacial score (nSPS) is 20.5. The molecule has 4 fully saturated rings. The van der Waals surface area contributed by atoms with E-state index in [1.165, 1.54) is 77.5 Å². The Bertz CT molecular complexity index is 3110. The van der Waals surface area contributed by atoms with Gasteiger partial charge in [0.25, 0.3) is 0 Å². The van der Waals surface area contributed by atoms with Crippen LogP contribution in [0.2, 0.25) is 0 Å². The number of benzene rings is 8. The minimum Gasteiger partial charge on any atom is -0.238 e. The van der Waals surface area contributed by atoms with Gasteiger partial charge in [-0.15, -0.1) is 0 Å². The maximum atomic E-state index is 7.47. The third kappa shape index (κ3) is 7.41. The lowest BCUT2D eigenvalue weighted by Gasteiger charge is -2.63. The van der Waals surface area contributed by atoms with Gasteiger partial charge in [-0.25, -0.2) is 19.8 Å². The van der Waals surface area contributed by atoms with Crippen molar-refractivity contribution in [2.75, 3.05) is 0 Å². The zero-order chi connectivity index (χ0) is 44.1. The molecule has 13 rings (SSSR count). The van der Waals surface area contributed by atoms with Gasteiger partial charge in [0.2, 0.25) is 0 Å². The molecule has 4 nitrogen and oxygen atoms in total. The Morgan fingerprint density at radius 2 is 0.667 bits per heavy atom. The number of aromatic nitrogens is 3. The molecule has 4 aliphatic carbocycles. The quantitative estimate of drug-likeness (QED) is 0.136. The van der Waals surface area contributed by atoms with Crippen LogP contribution in [-0.2, 0) is 10.8 Å². The highest BCUT2D eigenvalue weighted by Gasteiger charge is 2.58. The van der Waals surface area contributed by atoms with Crippen LogP contribution < -0.4 is 0 Å². The third-order valence-electron chi connectivity index (χ3n) is 15.0. The van der Waals surface area contributed by atoms with Crippen molar-refractivity contribution in [2.24, 2.45) is 11.8 Å². The van der Waals surface area contributed by atoms with E-state index in [0.717, 1.165) is 45.2 Å². The first-order valence-corrected chi connectivity index (χ1v) is 23.4. The predicted octanol–water partition coefficient (Wildman–Crippen LogP) is 15.9. The molecular weight excluding hydrogens is 801 g/mol. The summed E-state index contributed by atoms with van der Waals surface area (Å²) < 4.78 is 0. The second-order valence-corrected chi connectivity index (χ2v) is 19.1. The van der Waals surface area contributed by atoms with Crippen LogP contribution >= 0.6 is 0 Å². The van der Waals surface area contributed by atoms with Gasteiger partial charge >= 0.3 is 0 Å². The molecule has 316 valence electrons. The zero-order valence-electron chi connectivity index (χ0n) is 36.8. The Hall–Kier alpha value is -7.74. The van der Waals surface area contributed by atoms with Crippen LogP contribution in [0, 0.1) is 18.4 Å². The van der Waals surface area contributed by atoms with E-state index in [1.54, 1.807) is 0 Å². The van der Waals surface area contributed by atoms with Crippen LogP contribution in [0.3, 0.4) is 0 Å².